The molecule has 0 radical (unpaired) electrons. The van der Waals surface area contributed by atoms with Crippen molar-refractivity contribution in [3.63, 3.8) is 0 Å². The summed E-state index contributed by atoms with van der Waals surface area (Å²) in [6, 6.07) is 0.0239. The number of rotatable bonds is 7. The smallest absolute Gasteiger partial charge is 0.358 e. The van der Waals surface area contributed by atoms with Gasteiger partial charge in [0.15, 0.2) is 5.69 Å². The van der Waals surface area contributed by atoms with E-state index in [1.165, 1.54) is 11.8 Å². The van der Waals surface area contributed by atoms with Crippen molar-refractivity contribution in [1.29, 1.82) is 0 Å². The predicted molar refractivity (Wildman–Crippen MR) is 70.1 cm³/mol. The molecule has 0 aliphatic carbocycles. The van der Waals surface area contributed by atoms with Crippen molar-refractivity contribution < 1.29 is 19.4 Å². The zero-order chi connectivity index (χ0) is 15.3. The van der Waals surface area contributed by atoms with Crippen LogP contribution in [0.1, 0.15) is 37.0 Å². The third kappa shape index (κ3) is 4.02. The molecule has 8 nitrogen and oxygen atoms in total. The van der Waals surface area contributed by atoms with Gasteiger partial charge in [0, 0.05) is 13.2 Å². The Bertz CT molecular complexity index is 484. The minimum atomic E-state index is -1.20. The zero-order valence-corrected chi connectivity index (χ0v) is 12.1. The minimum Gasteiger partial charge on any atom is -0.476 e. The van der Waals surface area contributed by atoms with Crippen molar-refractivity contribution in [2.45, 2.75) is 40.0 Å². The van der Waals surface area contributed by atoms with Gasteiger partial charge < -0.3 is 15.2 Å². The highest BCUT2D eigenvalue weighted by Gasteiger charge is 2.20. The second-order valence-corrected chi connectivity index (χ2v) is 4.88. The number of amides is 1. The molecule has 0 saturated heterocycles. The first-order valence-corrected chi connectivity index (χ1v) is 6.30. The predicted octanol–water partition coefficient (Wildman–Crippen LogP) is 0.283. The van der Waals surface area contributed by atoms with E-state index < -0.39 is 5.97 Å². The summed E-state index contributed by atoms with van der Waals surface area (Å²) >= 11 is 0. The summed E-state index contributed by atoms with van der Waals surface area (Å²) in [5.74, 6) is -1.13. The van der Waals surface area contributed by atoms with Gasteiger partial charge in [0.25, 0.3) is 0 Å². The third-order valence-corrected chi connectivity index (χ3v) is 3.00. The summed E-state index contributed by atoms with van der Waals surface area (Å²) in [5, 5.41) is 19.1. The summed E-state index contributed by atoms with van der Waals surface area (Å²) in [6.07, 6.45) is 0. The number of carbonyl (C=O) groups is 2. The number of ether oxygens (including phenoxy) is 1. The molecule has 0 aliphatic rings. The van der Waals surface area contributed by atoms with Crippen LogP contribution < -0.4 is 5.32 Å². The van der Waals surface area contributed by atoms with Crippen LogP contribution in [0.15, 0.2) is 0 Å². The standard InChI is InChI=1S/C12H20N4O4/c1-7(2)8(3)13-10(17)5-16-9(6-20-4)11(12(18)19)14-15-16/h7-8H,5-6H2,1-4H3,(H,13,17)(H,18,19). The average Bonchev–Trinajstić information content (AvgIpc) is 2.72. The lowest BCUT2D eigenvalue weighted by molar-refractivity contribution is -0.122. The number of carbonyl (C=O) groups excluding carboxylic acids is 1. The molecule has 1 aromatic rings. The maximum atomic E-state index is 11.9. The van der Waals surface area contributed by atoms with E-state index in [1.807, 2.05) is 20.8 Å². The van der Waals surface area contributed by atoms with Gasteiger partial charge in [0.05, 0.1) is 12.3 Å². The average molecular weight is 284 g/mol. The molecule has 112 valence electrons. The largest absolute Gasteiger partial charge is 0.476 e. The molecule has 0 saturated carbocycles. The zero-order valence-electron chi connectivity index (χ0n) is 12.1. The van der Waals surface area contributed by atoms with E-state index in [9.17, 15) is 9.59 Å². The summed E-state index contributed by atoms with van der Waals surface area (Å²) in [6.45, 7) is 5.85. The molecule has 2 N–H and O–H groups in total. The Morgan fingerprint density at radius 2 is 2.05 bits per heavy atom. The summed E-state index contributed by atoms with van der Waals surface area (Å²) in [7, 11) is 1.43. The Morgan fingerprint density at radius 1 is 1.40 bits per heavy atom. The molecular formula is C12H20N4O4. The quantitative estimate of drug-likeness (QED) is 0.745. The first-order chi connectivity index (χ1) is 9.36. The Morgan fingerprint density at radius 3 is 2.55 bits per heavy atom. The van der Waals surface area contributed by atoms with Crippen LogP contribution in [0.25, 0.3) is 0 Å². The fourth-order valence-electron chi connectivity index (χ4n) is 1.51. The summed E-state index contributed by atoms with van der Waals surface area (Å²) in [5.41, 5.74) is 0.0731. The number of aromatic nitrogens is 3. The molecule has 1 aromatic heterocycles. The SMILES string of the molecule is COCc1c(C(=O)O)nnn1CC(=O)NC(C)C(C)C. The van der Waals surface area contributed by atoms with E-state index >= 15 is 0 Å². The van der Waals surface area contributed by atoms with Crippen molar-refractivity contribution in [3.05, 3.63) is 11.4 Å². The number of methoxy groups -OCH3 is 1. The van der Waals surface area contributed by atoms with Gasteiger partial charge in [-0.25, -0.2) is 9.48 Å². The van der Waals surface area contributed by atoms with Crippen LogP contribution in [0.2, 0.25) is 0 Å². The second kappa shape index (κ2) is 6.99. The van der Waals surface area contributed by atoms with Gasteiger partial charge in [0.1, 0.15) is 6.54 Å². The Balaban J connectivity index is 2.81. The fraction of sp³-hybridized carbons (Fsp3) is 0.667. The number of carboxylic acids is 1. The van der Waals surface area contributed by atoms with Crippen molar-refractivity contribution in [2.24, 2.45) is 5.92 Å². The molecule has 20 heavy (non-hydrogen) atoms. The van der Waals surface area contributed by atoms with Crippen LogP contribution in [0.4, 0.5) is 0 Å². The lowest BCUT2D eigenvalue weighted by atomic mass is 10.1. The van der Waals surface area contributed by atoms with Crippen molar-refractivity contribution in [3.8, 4) is 0 Å². The van der Waals surface area contributed by atoms with Crippen molar-refractivity contribution in [2.75, 3.05) is 7.11 Å². The highest BCUT2D eigenvalue weighted by Crippen LogP contribution is 2.07. The molecule has 8 heteroatoms. The molecule has 1 rings (SSSR count). The molecule has 1 atom stereocenters. The van der Waals surface area contributed by atoms with Gasteiger partial charge >= 0.3 is 5.97 Å². The van der Waals surface area contributed by atoms with E-state index in [0.29, 0.717) is 5.92 Å². The molecular weight excluding hydrogens is 264 g/mol. The Hall–Kier alpha value is -1.96. The van der Waals surface area contributed by atoms with Crippen LogP contribution >= 0.6 is 0 Å². The van der Waals surface area contributed by atoms with Crippen LogP contribution in [0.5, 0.6) is 0 Å². The first kappa shape index (κ1) is 16.1. The van der Waals surface area contributed by atoms with Crippen LogP contribution in [-0.4, -0.2) is 45.1 Å². The topological polar surface area (TPSA) is 106 Å². The van der Waals surface area contributed by atoms with E-state index in [1.54, 1.807) is 0 Å². The van der Waals surface area contributed by atoms with Gasteiger partial charge in [-0.05, 0) is 12.8 Å². The second-order valence-electron chi connectivity index (χ2n) is 4.88. The van der Waals surface area contributed by atoms with Crippen LogP contribution in [-0.2, 0) is 22.7 Å². The number of nitrogens with zero attached hydrogens (tertiary/aromatic N) is 3. The van der Waals surface area contributed by atoms with Crippen molar-refractivity contribution in [1.82, 2.24) is 20.3 Å². The summed E-state index contributed by atoms with van der Waals surface area (Å²) in [4.78, 5) is 22.9. The minimum absolute atomic E-state index is 0.0239. The number of carboxylic acid groups (broad SMARTS) is 1. The monoisotopic (exact) mass is 284 g/mol. The molecule has 1 heterocycles. The van der Waals surface area contributed by atoms with E-state index in [2.05, 4.69) is 15.6 Å². The molecule has 1 amide bonds. The Labute approximate surface area is 117 Å². The number of hydrogen-bond acceptors (Lipinski definition) is 5. The number of aromatic carboxylic acids is 1. The van der Waals surface area contributed by atoms with Crippen LogP contribution in [0, 0.1) is 5.92 Å². The van der Waals surface area contributed by atoms with Gasteiger partial charge in [-0.1, -0.05) is 19.1 Å². The molecule has 0 spiro atoms. The number of nitrogens with one attached hydrogen (secondary N) is 1. The number of hydrogen-bond donors (Lipinski definition) is 2. The summed E-state index contributed by atoms with van der Waals surface area (Å²) < 4.78 is 6.17. The lowest BCUT2D eigenvalue weighted by Gasteiger charge is -2.17. The molecule has 0 fully saturated rings. The van der Waals surface area contributed by atoms with E-state index in [0.717, 1.165) is 0 Å². The normalized spacial score (nSPS) is 12.4. The van der Waals surface area contributed by atoms with E-state index in [4.69, 9.17) is 9.84 Å². The van der Waals surface area contributed by atoms with Crippen molar-refractivity contribution >= 4 is 11.9 Å². The fourth-order valence-corrected chi connectivity index (χ4v) is 1.51. The molecule has 0 bridgehead atoms. The first-order valence-electron chi connectivity index (χ1n) is 6.30. The van der Waals surface area contributed by atoms with Gasteiger partial charge in [-0.2, -0.15) is 0 Å². The molecule has 0 aromatic carbocycles. The highest BCUT2D eigenvalue weighted by atomic mass is 16.5. The van der Waals surface area contributed by atoms with Crippen LogP contribution in [0.3, 0.4) is 0 Å². The van der Waals surface area contributed by atoms with E-state index in [-0.39, 0.29) is 36.5 Å². The highest BCUT2D eigenvalue weighted by molar-refractivity contribution is 5.86. The molecule has 1 unspecified atom stereocenters. The van der Waals surface area contributed by atoms with Gasteiger partial charge in [-0.3, -0.25) is 4.79 Å². The maximum absolute atomic E-state index is 11.9. The Kier molecular flexibility index (Phi) is 5.63. The maximum Gasteiger partial charge on any atom is 0.358 e. The lowest BCUT2D eigenvalue weighted by Crippen LogP contribution is -2.38. The molecule has 0 aliphatic heterocycles. The third-order valence-electron chi connectivity index (χ3n) is 3.00. The van der Waals surface area contributed by atoms with Gasteiger partial charge in [0.2, 0.25) is 5.91 Å². The van der Waals surface area contributed by atoms with Gasteiger partial charge in [-0.15, -0.1) is 5.10 Å².